The molecule has 262 valence electrons. The summed E-state index contributed by atoms with van der Waals surface area (Å²) in [5, 5.41) is 0. The van der Waals surface area contributed by atoms with Gasteiger partial charge in [-0.3, -0.25) is 19.6 Å². The van der Waals surface area contributed by atoms with E-state index in [0.717, 1.165) is 79.6 Å². The molecule has 2 fully saturated rings. The third-order valence-corrected chi connectivity index (χ3v) is 10.5. The highest BCUT2D eigenvalue weighted by Gasteiger charge is 2.43. The average molecular weight is 679 g/mol. The predicted molar refractivity (Wildman–Crippen MR) is 189 cm³/mol. The number of aromatic nitrogens is 3. The van der Waals surface area contributed by atoms with Crippen molar-refractivity contribution in [2.75, 3.05) is 26.2 Å². The van der Waals surface area contributed by atoms with Crippen LogP contribution in [0.25, 0.3) is 0 Å². The molecule has 3 heterocycles. The van der Waals surface area contributed by atoms with Crippen molar-refractivity contribution in [2.24, 2.45) is 0 Å². The molecule has 4 aromatic rings. The summed E-state index contributed by atoms with van der Waals surface area (Å²) >= 11 is 0. The van der Waals surface area contributed by atoms with E-state index >= 15 is 0 Å². The molecule has 50 heavy (non-hydrogen) atoms. The maximum atomic E-state index is 15.0. The van der Waals surface area contributed by atoms with E-state index in [9.17, 15) is 14.0 Å². The highest BCUT2D eigenvalue weighted by Crippen LogP contribution is 2.37. The van der Waals surface area contributed by atoms with E-state index in [1.165, 1.54) is 11.8 Å². The number of halogens is 1. The number of fused-ring (bicyclic) bond motifs is 2. The van der Waals surface area contributed by atoms with Crippen LogP contribution in [-0.2, 0) is 35.5 Å². The van der Waals surface area contributed by atoms with Crippen LogP contribution in [-0.4, -0.2) is 79.6 Å². The number of nitrogens with zero attached hydrogens (tertiary/aromatic N) is 6. The van der Waals surface area contributed by atoms with Crippen LogP contribution >= 0.6 is 0 Å². The number of hydrogen-bond donors (Lipinski definition) is 0. The number of carbonyl (C=O) groups excluding carboxylic acids is 2. The maximum absolute atomic E-state index is 15.0. The molecule has 0 unspecified atom stereocenters. The molecule has 1 saturated heterocycles. The number of hydrogen-bond acceptors (Lipinski definition) is 6. The Morgan fingerprint density at radius 2 is 1.74 bits per heavy atom. The molecule has 1 aliphatic heterocycles. The number of amides is 2. The largest absolute Gasteiger partial charge is 0.446 e. The minimum Gasteiger partial charge on any atom is -0.446 e. The summed E-state index contributed by atoms with van der Waals surface area (Å²) in [6.07, 6.45) is 11.8. The topological polar surface area (TPSA) is 83.8 Å². The first-order valence-corrected chi connectivity index (χ1v) is 18.2. The van der Waals surface area contributed by atoms with Crippen LogP contribution in [0.3, 0.4) is 0 Å². The smallest absolute Gasteiger partial charge is 0.410 e. The van der Waals surface area contributed by atoms with Crippen LogP contribution in [0.15, 0.2) is 79.4 Å². The Morgan fingerprint density at radius 1 is 0.960 bits per heavy atom. The highest BCUT2D eigenvalue weighted by atomic mass is 19.1. The number of rotatable bonds is 9. The number of benzene rings is 2. The van der Waals surface area contributed by atoms with Gasteiger partial charge in [-0.25, -0.2) is 14.2 Å². The Bertz CT molecular complexity index is 1770. The van der Waals surface area contributed by atoms with Gasteiger partial charge in [-0.2, -0.15) is 0 Å². The third-order valence-electron chi connectivity index (χ3n) is 10.5. The first-order valence-electron chi connectivity index (χ1n) is 18.2. The molecule has 2 amide bonds. The fourth-order valence-corrected chi connectivity index (χ4v) is 7.93. The van der Waals surface area contributed by atoms with Crippen molar-refractivity contribution in [2.45, 2.75) is 89.6 Å². The quantitative estimate of drug-likeness (QED) is 0.201. The molecule has 0 bridgehead atoms. The lowest BCUT2D eigenvalue weighted by Crippen LogP contribution is -2.62. The summed E-state index contributed by atoms with van der Waals surface area (Å²) in [6.45, 7) is 4.81. The van der Waals surface area contributed by atoms with Crippen LogP contribution in [0.4, 0.5) is 9.18 Å². The molecule has 3 aliphatic rings. The minimum absolute atomic E-state index is 0.102. The predicted octanol–water partition coefficient (Wildman–Crippen LogP) is 6.49. The Labute approximate surface area is 294 Å². The lowest BCUT2D eigenvalue weighted by Gasteiger charge is -2.45. The van der Waals surface area contributed by atoms with Crippen molar-refractivity contribution in [3.05, 3.63) is 119 Å². The second-order valence-electron chi connectivity index (χ2n) is 14.0. The number of ether oxygens (including phenoxy) is 1. The molecule has 2 atom stereocenters. The van der Waals surface area contributed by atoms with Gasteiger partial charge in [-0.05, 0) is 80.2 Å². The normalized spacial score (nSPS) is 19.7. The van der Waals surface area contributed by atoms with Crippen molar-refractivity contribution in [3.63, 3.8) is 0 Å². The molecule has 2 aromatic heterocycles. The molecule has 2 aliphatic carbocycles. The van der Waals surface area contributed by atoms with Crippen LogP contribution < -0.4 is 0 Å². The molecular weight excluding hydrogens is 631 g/mol. The van der Waals surface area contributed by atoms with Gasteiger partial charge < -0.3 is 14.2 Å². The van der Waals surface area contributed by atoms with Crippen molar-refractivity contribution in [3.8, 4) is 0 Å². The third kappa shape index (κ3) is 7.75. The molecular formula is C40H47FN6O3. The van der Waals surface area contributed by atoms with Crippen LogP contribution in [0, 0.1) is 12.7 Å². The monoisotopic (exact) mass is 678 g/mol. The number of imidazole rings is 1. The van der Waals surface area contributed by atoms with Gasteiger partial charge in [0.2, 0.25) is 5.91 Å². The standard InChI is InChI=1S/C40H47FN6O3/c1-29-25-44(28-43-29)19-10-20-46(26-30-11-4-2-5-12-30)39(48)36-27-45(21-22-47(36)40(49)50-34-14-6-3-7-15-34)38-35-16-9-8-13-31(35)17-18-32-23-33(41)24-42-37(32)38/h2,4-5,8-9,11-13,16,23-25,28,34,36,38H,3,6-7,10,14-15,17-22,26-27H2,1H3/t36-,38+/m1/s1. The maximum Gasteiger partial charge on any atom is 0.410 e. The molecule has 2 aromatic carbocycles. The molecule has 1 saturated carbocycles. The van der Waals surface area contributed by atoms with Crippen molar-refractivity contribution >= 4 is 12.0 Å². The number of carbonyl (C=O) groups is 2. The van der Waals surface area contributed by atoms with Gasteiger partial charge in [0.15, 0.2) is 0 Å². The minimum atomic E-state index is -0.765. The lowest BCUT2D eigenvalue weighted by molar-refractivity contribution is -0.140. The molecule has 10 heteroatoms. The summed E-state index contributed by atoms with van der Waals surface area (Å²) < 4.78 is 22.7. The molecule has 9 nitrogen and oxygen atoms in total. The van der Waals surface area contributed by atoms with Gasteiger partial charge in [0.25, 0.3) is 0 Å². The van der Waals surface area contributed by atoms with Gasteiger partial charge >= 0.3 is 6.09 Å². The van der Waals surface area contributed by atoms with E-state index < -0.39 is 12.1 Å². The zero-order chi connectivity index (χ0) is 34.5. The summed E-state index contributed by atoms with van der Waals surface area (Å²) in [5.74, 6) is -0.450. The Morgan fingerprint density at radius 3 is 2.54 bits per heavy atom. The highest BCUT2D eigenvalue weighted by molar-refractivity contribution is 5.86. The van der Waals surface area contributed by atoms with Gasteiger partial charge in [0.1, 0.15) is 18.0 Å². The fraction of sp³-hybridized carbons (Fsp3) is 0.450. The molecule has 7 rings (SSSR count). The fourth-order valence-electron chi connectivity index (χ4n) is 7.93. The van der Waals surface area contributed by atoms with Crippen molar-refractivity contribution in [1.82, 2.24) is 29.2 Å². The summed E-state index contributed by atoms with van der Waals surface area (Å²) in [4.78, 5) is 43.8. The molecule has 0 radical (unpaired) electrons. The van der Waals surface area contributed by atoms with E-state index in [0.29, 0.717) is 39.1 Å². The first kappa shape index (κ1) is 33.9. The average Bonchev–Trinajstić information content (AvgIpc) is 3.48. The SMILES string of the molecule is Cc1cn(CCCN(Cc2ccccc2)C(=O)[C@H]2CN([C@H]3c4ccccc4CCc4cc(F)cnc43)CCN2C(=O)OC2CCCCC2)cn1. The lowest BCUT2D eigenvalue weighted by atomic mass is 9.95. The van der Waals surface area contributed by atoms with Crippen LogP contribution in [0.1, 0.15) is 78.2 Å². The number of pyridine rings is 1. The van der Waals surface area contributed by atoms with E-state index in [-0.39, 0.29) is 23.9 Å². The second-order valence-corrected chi connectivity index (χ2v) is 14.0. The number of piperazine rings is 1. The zero-order valence-electron chi connectivity index (χ0n) is 28.9. The molecule has 0 N–H and O–H groups in total. The Hall–Kier alpha value is -4.57. The van der Waals surface area contributed by atoms with E-state index in [2.05, 4.69) is 27.0 Å². The van der Waals surface area contributed by atoms with E-state index in [1.54, 1.807) is 11.0 Å². The van der Waals surface area contributed by atoms with E-state index in [4.69, 9.17) is 4.74 Å². The Balaban J connectivity index is 1.21. The van der Waals surface area contributed by atoms with Crippen LogP contribution in [0.5, 0.6) is 0 Å². The van der Waals surface area contributed by atoms with Crippen molar-refractivity contribution in [1.29, 1.82) is 0 Å². The summed E-state index contributed by atoms with van der Waals surface area (Å²) in [7, 11) is 0. The Kier molecular flexibility index (Phi) is 10.5. The van der Waals surface area contributed by atoms with Gasteiger partial charge in [0, 0.05) is 45.5 Å². The second kappa shape index (κ2) is 15.5. The zero-order valence-corrected chi connectivity index (χ0v) is 28.9. The number of aryl methyl sites for hydroxylation is 4. The van der Waals surface area contributed by atoms with Crippen LogP contribution in [0.2, 0.25) is 0 Å². The van der Waals surface area contributed by atoms with Gasteiger partial charge in [-0.15, -0.1) is 0 Å². The summed E-state index contributed by atoms with van der Waals surface area (Å²) in [5.41, 5.74) is 5.99. The van der Waals surface area contributed by atoms with Gasteiger partial charge in [-0.1, -0.05) is 61.0 Å². The summed E-state index contributed by atoms with van der Waals surface area (Å²) in [6, 6.07) is 18.9. The first-order chi connectivity index (χ1) is 24.4. The van der Waals surface area contributed by atoms with E-state index in [1.807, 2.05) is 71.4 Å². The molecule has 0 spiro atoms. The van der Waals surface area contributed by atoms with Crippen molar-refractivity contribution < 1.29 is 18.7 Å². The van der Waals surface area contributed by atoms with Gasteiger partial charge in [0.05, 0.1) is 30.0 Å².